The van der Waals surface area contributed by atoms with Gasteiger partial charge in [-0.25, -0.2) is 4.98 Å². The molecule has 0 N–H and O–H groups in total. The SMILES string of the molecule is O=c1c(Cl)nccn1Cc1nc(C2CC2)no1. The predicted molar refractivity (Wildman–Crippen MR) is 58.9 cm³/mol. The predicted octanol–water partition coefficient (Wildman–Crippen LogP) is 1.21. The van der Waals surface area contributed by atoms with Crippen molar-refractivity contribution in [1.82, 2.24) is 19.7 Å². The van der Waals surface area contributed by atoms with Crippen molar-refractivity contribution in [3.05, 3.63) is 39.6 Å². The van der Waals surface area contributed by atoms with Crippen LogP contribution in [0.5, 0.6) is 0 Å². The highest BCUT2D eigenvalue weighted by atomic mass is 35.5. The zero-order valence-corrected chi connectivity index (χ0v) is 9.59. The Labute approximate surface area is 101 Å². The maximum Gasteiger partial charge on any atom is 0.288 e. The Bertz CT molecular complexity index is 602. The number of hydrogen-bond acceptors (Lipinski definition) is 5. The third kappa shape index (κ3) is 2.08. The highest BCUT2D eigenvalue weighted by Crippen LogP contribution is 2.38. The molecular weight excluding hydrogens is 244 g/mol. The Kier molecular flexibility index (Phi) is 2.44. The summed E-state index contributed by atoms with van der Waals surface area (Å²) in [5.41, 5.74) is -0.361. The molecule has 2 aromatic rings. The van der Waals surface area contributed by atoms with Crippen LogP contribution < -0.4 is 5.56 Å². The molecule has 1 aliphatic carbocycles. The van der Waals surface area contributed by atoms with Gasteiger partial charge in [-0.3, -0.25) is 4.79 Å². The second-order valence-electron chi connectivity index (χ2n) is 3.97. The lowest BCUT2D eigenvalue weighted by Gasteiger charge is -2.00. The van der Waals surface area contributed by atoms with Crippen LogP contribution in [0.3, 0.4) is 0 Å². The van der Waals surface area contributed by atoms with Crippen LogP contribution in [0.25, 0.3) is 0 Å². The molecule has 7 heteroatoms. The molecule has 1 saturated carbocycles. The molecule has 0 bridgehead atoms. The van der Waals surface area contributed by atoms with Gasteiger partial charge >= 0.3 is 0 Å². The van der Waals surface area contributed by atoms with Gasteiger partial charge in [0.1, 0.15) is 6.54 Å². The summed E-state index contributed by atoms with van der Waals surface area (Å²) in [6, 6.07) is 0. The number of nitrogens with zero attached hydrogens (tertiary/aromatic N) is 4. The standard InChI is InChI=1S/C10H9ClN4O2/c11-8-10(16)15(4-3-12-8)5-7-13-9(14-17-7)6-1-2-6/h3-4,6H,1-2,5H2. The lowest BCUT2D eigenvalue weighted by molar-refractivity contribution is 0.364. The van der Waals surface area contributed by atoms with E-state index >= 15 is 0 Å². The molecule has 0 aliphatic heterocycles. The van der Waals surface area contributed by atoms with Crippen molar-refractivity contribution < 1.29 is 4.52 Å². The van der Waals surface area contributed by atoms with Gasteiger partial charge in [-0.15, -0.1) is 0 Å². The van der Waals surface area contributed by atoms with E-state index < -0.39 is 0 Å². The minimum absolute atomic E-state index is 0.0607. The minimum Gasteiger partial charge on any atom is -0.337 e. The van der Waals surface area contributed by atoms with E-state index in [2.05, 4.69) is 15.1 Å². The molecule has 0 unspecified atom stereocenters. The molecule has 0 aromatic carbocycles. The molecule has 88 valence electrons. The third-order valence-corrected chi connectivity index (χ3v) is 2.86. The fourth-order valence-electron chi connectivity index (χ4n) is 1.53. The van der Waals surface area contributed by atoms with Gasteiger partial charge in [0, 0.05) is 18.3 Å². The number of aromatic nitrogens is 4. The molecule has 6 nitrogen and oxygen atoms in total. The molecule has 2 heterocycles. The molecule has 0 saturated heterocycles. The van der Waals surface area contributed by atoms with Crippen molar-refractivity contribution in [2.45, 2.75) is 25.3 Å². The van der Waals surface area contributed by atoms with E-state index in [0.29, 0.717) is 11.8 Å². The first-order chi connectivity index (χ1) is 8.24. The Balaban J connectivity index is 1.85. The van der Waals surface area contributed by atoms with Gasteiger partial charge in [-0.1, -0.05) is 16.8 Å². The first-order valence-electron chi connectivity index (χ1n) is 5.27. The van der Waals surface area contributed by atoms with Gasteiger partial charge in [0.25, 0.3) is 5.56 Å². The fraction of sp³-hybridized carbons (Fsp3) is 0.400. The van der Waals surface area contributed by atoms with Crippen molar-refractivity contribution in [3.63, 3.8) is 0 Å². The van der Waals surface area contributed by atoms with Crippen LogP contribution >= 0.6 is 11.6 Å². The van der Waals surface area contributed by atoms with Crippen molar-refractivity contribution in [1.29, 1.82) is 0 Å². The summed E-state index contributed by atoms with van der Waals surface area (Å²) in [5.74, 6) is 1.58. The molecule has 2 aromatic heterocycles. The Morgan fingerprint density at radius 3 is 3.12 bits per heavy atom. The van der Waals surface area contributed by atoms with Crippen LogP contribution in [0.15, 0.2) is 21.7 Å². The zero-order chi connectivity index (χ0) is 11.8. The van der Waals surface area contributed by atoms with Gasteiger partial charge in [-0.2, -0.15) is 4.98 Å². The van der Waals surface area contributed by atoms with Crippen LogP contribution in [-0.2, 0) is 6.54 Å². The average Bonchev–Trinajstić information content (AvgIpc) is 3.06. The number of rotatable bonds is 3. The smallest absolute Gasteiger partial charge is 0.288 e. The van der Waals surface area contributed by atoms with Crippen LogP contribution in [0.2, 0.25) is 5.15 Å². The molecule has 17 heavy (non-hydrogen) atoms. The molecule has 0 atom stereocenters. The fourth-order valence-corrected chi connectivity index (χ4v) is 1.70. The molecular formula is C10H9ClN4O2. The summed E-state index contributed by atoms with van der Waals surface area (Å²) >= 11 is 5.63. The molecule has 1 aliphatic rings. The lowest BCUT2D eigenvalue weighted by atomic mass is 10.4. The average molecular weight is 253 g/mol. The maximum atomic E-state index is 11.6. The second-order valence-corrected chi connectivity index (χ2v) is 4.33. The van der Waals surface area contributed by atoms with E-state index in [1.165, 1.54) is 17.0 Å². The molecule has 0 amide bonds. The summed E-state index contributed by atoms with van der Waals surface area (Å²) in [6.45, 7) is 0.223. The first-order valence-corrected chi connectivity index (χ1v) is 5.65. The minimum atomic E-state index is -0.361. The second kappa shape index (κ2) is 3.96. The van der Waals surface area contributed by atoms with Gasteiger partial charge in [0.2, 0.25) is 5.89 Å². The Morgan fingerprint density at radius 2 is 2.35 bits per heavy atom. The molecule has 0 spiro atoms. The highest BCUT2D eigenvalue weighted by molar-refractivity contribution is 6.29. The van der Waals surface area contributed by atoms with E-state index in [4.69, 9.17) is 16.1 Å². The zero-order valence-electron chi connectivity index (χ0n) is 8.84. The Morgan fingerprint density at radius 1 is 1.53 bits per heavy atom. The lowest BCUT2D eigenvalue weighted by Crippen LogP contribution is -2.21. The first kappa shape index (κ1) is 10.5. The van der Waals surface area contributed by atoms with Crippen molar-refractivity contribution >= 4 is 11.6 Å². The van der Waals surface area contributed by atoms with Crippen LogP contribution in [0.4, 0.5) is 0 Å². The van der Waals surface area contributed by atoms with Crippen molar-refractivity contribution in [2.75, 3.05) is 0 Å². The molecule has 3 rings (SSSR count). The van der Waals surface area contributed by atoms with Gasteiger partial charge in [0.05, 0.1) is 0 Å². The highest BCUT2D eigenvalue weighted by Gasteiger charge is 2.28. The largest absolute Gasteiger partial charge is 0.337 e. The van der Waals surface area contributed by atoms with Crippen LogP contribution in [-0.4, -0.2) is 19.7 Å². The van der Waals surface area contributed by atoms with E-state index in [1.54, 1.807) is 0 Å². The van der Waals surface area contributed by atoms with Gasteiger partial charge in [0.15, 0.2) is 11.0 Å². The van der Waals surface area contributed by atoms with E-state index in [1.807, 2.05) is 0 Å². The van der Waals surface area contributed by atoms with Gasteiger partial charge in [-0.05, 0) is 12.8 Å². The maximum absolute atomic E-state index is 11.6. The van der Waals surface area contributed by atoms with Crippen molar-refractivity contribution in [3.8, 4) is 0 Å². The summed E-state index contributed by atoms with van der Waals surface area (Å²) in [5, 5.41) is 3.82. The van der Waals surface area contributed by atoms with E-state index in [-0.39, 0.29) is 17.3 Å². The van der Waals surface area contributed by atoms with Crippen LogP contribution in [0, 0.1) is 0 Å². The normalized spacial score (nSPS) is 15.1. The van der Waals surface area contributed by atoms with E-state index in [0.717, 1.165) is 18.7 Å². The van der Waals surface area contributed by atoms with Gasteiger partial charge < -0.3 is 9.09 Å². The Hall–Kier alpha value is -1.69. The summed E-state index contributed by atoms with van der Waals surface area (Å²) in [6.07, 6.45) is 5.22. The third-order valence-electron chi connectivity index (χ3n) is 2.60. The number of halogens is 1. The summed E-state index contributed by atoms with van der Waals surface area (Å²) < 4.78 is 6.47. The quantitative estimate of drug-likeness (QED) is 0.821. The number of hydrogen-bond donors (Lipinski definition) is 0. The topological polar surface area (TPSA) is 73.8 Å². The molecule has 1 fully saturated rings. The molecule has 0 radical (unpaired) electrons. The van der Waals surface area contributed by atoms with Crippen LogP contribution in [0.1, 0.15) is 30.5 Å². The summed E-state index contributed by atoms with van der Waals surface area (Å²) in [4.78, 5) is 19.5. The van der Waals surface area contributed by atoms with E-state index in [9.17, 15) is 4.79 Å². The monoisotopic (exact) mass is 252 g/mol. The summed E-state index contributed by atoms with van der Waals surface area (Å²) in [7, 11) is 0. The van der Waals surface area contributed by atoms with Crippen molar-refractivity contribution in [2.24, 2.45) is 0 Å².